The van der Waals surface area contributed by atoms with E-state index in [9.17, 15) is 18.8 Å². The molecule has 0 bridgehead atoms. The minimum Gasteiger partial charge on any atom is -0.325 e. The van der Waals surface area contributed by atoms with Crippen LogP contribution in [0.25, 0.3) is 0 Å². The average molecular weight is 687 g/mol. The largest absolute Gasteiger partial charge is 0.325 e. The fourth-order valence-corrected chi connectivity index (χ4v) is 8.92. The summed E-state index contributed by atoms with van der Waals surface area (Å²) in [7, 11) is 0. The Morgan fingerprint density at radius 1 is 0.700 bits per heavy atom. The third-order valence-corrected chi connectivity index (χ3v) is 11.6. The quantitative estimate of drug-likeness (QED) is 0.177. The molecule has 4 nitrogen and oxygen atoms in total. The number of aryl methyl sites for hydroxylation is 2. The van der Waals surface area contributed by atoms with Crippen molar-refractivity contribution in [2.24, 2.45) is 11.8 Å². The molecule has 2 fully saturated rings. The van der Waals surface area contributed by atoms with Crippen LogP contribution in [0.15, 0.2) is 84.9 Å². The van der Waals surface area contributed by atoms with Gasteiger partial charge in [-0.15, -0.1) is 0 Å². The maximum atomic E-state index is 13.8. The van der Waals surface area contributed by atoms with Gasteiger partial charge in [-0.05, 0) is 97.2 Å². The lowest BCUT2D eigenvalue weighted by Gasteiger charge is -2.29. The van der Waals surface area contributed by atoms with Crippen LogP contribution in [0.4, 0.5) is 20.2 Å². The molecule has 4 atom stereocenters. The number of carbonyl (C=O) groups excluding carboxylic acids is 1. The highest BCUT2D eigenvalue weighted by atomic mass is 19.1. The zero-order valence-corrected chi connectivity index (χ0v) is 31.8. The fourth-order valence-electron chi connectivity index (χ4n) is 8.92. The molecule has 50 heavy (non-hydrogen) atoms. The van der Waals surface area contributed by atoms with E-state index in [-0.39, 0.29) is 42.6 Å². The number of nitrogens with one attached hydrogen (secondary N) is 2. The van der Waals surface area contributed by atoms with Gasteiger partial charge in [-0.25, -0.2) is 8.78 Å². The lowest BCUT2D eigenvalue weighted by Crippen LogP contribution is -2.33. The zero-order chi connectivity index (χ0) is 37.2. The van der Waals surface area contributed by atoms with Crippen molar-refractivity contribution in [3.05, 3.63) is 130 Å². The van der Waals surface area contributed by atoms with E-state index in [0.29, 0.717) is 11.6 Å². The van der Waals surface area contributed by atoms with Crippen LogP contribution in [-0.2, 0) is 26.5 Å². The summed E-state index contributed by atoms with van der Waals surface area (Å²) in [5.74, 6) is 0.143. The van der Waals surface area contributed by atoms with E-state index in [2.05, 4.69) is 108 Å². The van der Waals surface area contributed by atoms with E-state index in [1.165, 1.54) is 40.5 Å². The summed E-state index contributed by atoms with van der Waals surface area (Å²) in [6.45, 7) is 23.0. The number of carbonyl (C=O) groups is 1. The third-order valence-electron chi connectivity index (χ3n) is 11.6. The first-order chi connectivity index (χ1) is 23.8. The molecule has 2 aliphatic carbocycles. The second kappa shape index (κ2) is 14.7. The Morgan fingerprint density at radius 2 is 1.16 bits per heavy atom. The van der Waals surface area contributed by atoms with E-state index in [0.717, 1.165) is 29.7 Å². The summed E-state index contributed by atoms with van der Waals surface area (Å²) in [5.41, 5.74) is 8.99. The van der Waals surface area contributed by atoms with Gasteiger partial charge in [0, 0.05) is 24.8 Å². The zero-order valence-electron chi connectivity index (χ0n) is 31.8. The molecule has 0 radical (unpaired) electrons. The Balaban J connectivity index is 0.000000318. The molecule has 1 amide bonds. The van der Waals surface area contributed by atoms with Gasteiger partial charge < -0.3 is 5.32 Å². The summed E-state index contributed by atoms with van der Waals surface area (Å²) in [5, 5.41) is 12.4. The summed E-state index contributed by atoms with van der Waals surface area (Å²) in [4.78, 5) is 12.9. The van der Waals surface area contributed by atoms with Gasteiger partial charge in [0.2, 0.25) is 5.91 Å². The molecule has 0 saturated heterocycles. The van der Waals surface area contributed by atoms with Crippen molar-refractivity contribution >= 4 is 17.3 Å². The minimum absolute atomic E-state index is 0. The molecule has 1 aliphatic heterocycles. The maximum Gasteiger partial charge on any atom is 0.236 e. The molecule has 3 N–H and O–H groups in total. The molecule has 6 heteroatoms. The van der Waals surface area contributed by atoms with Crippen LogP contribution in [0.5, 0.6) is 0 Å². The predicted octanol–water partition coefficient (Wildman–Crippen LogP) is 12.1. The third kappa shape index (κ3) is 6.04. The SMILES string of the molecule is CC.CC.Cc1ccc([C@@]2(C(C)C)C[C@@]2(C)c2cc(F)ccc2NO)cc1.Cc1ccc([C@]2(C(C)C)C[C@@]23C(=O)Nc2ccc(F)cc23)cc1.[HH].[HH]. The van der Waals surface area contributed by atoms with Crippen molar-refractivity contribution in [1.82, 2.24) is 0 Å². The number of halogens is 2. The van der Waals surface area contributed by atoms with Crippen LogP contribution >= 0.6 is 0 Å². The molecule has 0 aromatic heterocycles. The highest BCUT2D eigenvalue weighted by Gasteiger charge is 2.76. The molecule has 2 saturated carbocycles. The molecule has 1 spiro atoms. The number of anilines is 2. The smallest absolute Gasteiger partial charge is 0.236 e. The monoisotopic (exact) mass is 686 g/mol. The molecular formula is C44H60F2N2O2. The first-order valence-electron chi connectivity index (χ1n) is 18.2. The number of rotatable bonds is 6. The molecule has 4 aromatic carbocycles. The van der Waals surface area contributed by atoms with Crippen LogP contribution in [-0.4, -0.2) is 11.1 Å². The Labute approximate surface area is 301 Å². The highest BCUT2D eigenvalue weighted by Crippen LogP contribution is 2.72. The first-order valence-corrected chi connectivity index (χ1v) is 18.2. The van der Waals surface area contributed by atoms with Crippen LogP contribution in [0.3, 0.4) is 0 Å². The van der Waals surface area contributed by atoms with Gasteiger partial charge in [0.1, 0.15) is 11.6 Å². The van der Waals surface area contributed by atoms with Crippen molar-refractivity contribution in [3.8, 4) is 0 Å². The predicted molar refractivity (Wildman–Crippen MR) is 207 cm³/mol. The summed E-state index contributed by atoms with van der Waals surface area (Å²) in [6.07, 6.45) is 1.68. The first kappa shape index (κ1) is 38.8. The topological polar surface area (TPSA) is 61.4 Å². The fraction of sp³-hybridized carbons (Fsp3) is 0.432. The van der Waals surface area contributed by atoms with Gasteiger partial charge in [-0.3, -0.25) is 15.5 Å². The Bertz CT molecular complexity index is 1810. The summed E-state index contributed by atoms with van der Waals surface area (Å²) < 4.78 is 27.7. The van der Waals surface area contributed by atoms with Crippen molar-refractivity contribution in [3.63, 3.8) is 0 Å². The molecule has 3 aliphatic rings. The van der Waals surface area contributed by atoms with Crippen LogP contribution in [0.2, 0.25) is 0 Å². The second-order valence-corrected chi connectivity index (χ2v) is 14.5. The molecular weight excluding hydrogens is 626 g/mol. The summed E-state index contributed by atoms with van der Waals surface area (Å²) in [6, 6.07) is 26.2. The van der Waals surface area contributed by atoms with Gasteiger partial charge in [-0.2, -0.15) is 0 Å². The molecule has 7 rings (SSSR count). The lowest BCUT2D eigenvalue weighted by molar-refractivity contribution is -0.118. The van der Waals surface area contributed by atoms with Crippen molar-refractivity contribution < 1.29 is 21.6 Å². The van der Waals surface area contributed by atoms with Gasteiger partial charge in [0.25, 0.3) is 0 Å². The van der Waals surface area contributed by atoms with Gasteiger partial charge >= 0.3 is 0 Å². The van der Waals surface area contributed by atoms with Gasteiger partial charge in [-0.1, -0.05) is 122 Å². The Hall–Kier alpha value is -4.03. The van der Waals surface area contributed by atoms with Gasteiger partial charge in [0.05, 0.1) is 11.1 Å². The van der Waals surface area contributed by atoms with Crippen molar-refractivity contribution in [1.29, 1.82) is 0 Å². The van der Waals surface area contributed by atoms with E-state index in [1.807, 2.05) is 27.7 Å². The van der Waals surface area contributed by atoms with Crippen LogP contribution < -0.4 is 10.8 Å². The maximum absolute atomic E-state index is 13.8. The average Bonchev–Trinajstić information content (AvgIpc) is 3.97. The van der Waals surface area contributed by atoms with E-state index in [1.54, 1.807) is 18.2 Å². The molecule has 1 heterocycles. The number of benzene rings is 4. The standard InChI is InChI=1S/C20H20FNO.C20H24FNO.2C2H6.2H2/c1-12(2)19(14-6-4-13(3)5-7-14)11-20(19)16-10-15(21)8-9-17(16)22-18(20)23;1-13(2)20(15-7-5-14(3)6-8-15)12-19(20,4)17-11-16(21)9-10-18(17)22-23;2*1-2;;/h4-10,12H,11H2,1-3H3,(H,22,23);5-11,13,22-23H,12H2,1-4H3;2*1-2H3;2*1H/t2*19-,20-;;;;/m10..../s1. The Morgan fingerprint density at radius 3 is 1.64 bits per heavy atom. The number of fused-ring (bicyclic) bond motifs is 2. The lowest BCUT2D eigenvalue weighted by atomic mass is 9.75. The van der Waals surface area contributed by atoms with E-state index < -0.39 is 5.41 Å². The number of hydrogen-bond acceptors (Lipinski definition) is 3. The Kier molecular flexibility index (Phi) is 11.4. The molecule has 4 aromatic rings. The minimum atomic E-state index is -0.631. The van der Waals surface area contributed by atoms with Gasteiger partial charge in [0.15, 0.2) is 0 Å². The van der Waals surface area contributed by atoms with E-state index in [4.69, 9.17) is 0 Å². The molecule has 272 valence electrons. The number of amides is 1. The normalized spacial score (nSPS) is 25.3. The highest BCUT2D eigenvalue weighted by molar-refractivity contribution is 6.10. The van der Waals surface area contributed by atoms with Crippen LogP contribution in [0, 0.1) is 37.3 Å². The number of hydrogen-bond donors (Lipinski definition) is 3. The summed E-state index contributed by atoms with van der Waals surface area (Å²) >= 11 is 0. The van der Waals surface area contributed by atoms with E-state index >= 15 is 0 Å². The van der Waals surface area contributed by atoms with Crippen molar-refractivity contribution in [2.45, 2.75) is 111 Å². The molecule has 0 unspecified atom stereocenters. The van der Waals surface area contributed by atoms with Crippen molar-refractivity contribution in [2.75, 3.05) is 10.8 Å². The second-order valence-electron chi connectivity index (χ2n) is 14.5. The van der Waals surface area contributed by atoms with Crippen LogP contribution in [0.1, 0.15) is 111 Å².